The van der Waals surface area contributed by atoms with Gasteiger partial charge >= 0.3 is 0 Å². The van der Waals surface area contributed by atoms with E-state index in [1.54, 1.807) is 11.0 Å². The Morgan fingerprint density at radius 1 is 1.12 bits per heavy atom. The van der Waals surface area contributed by atoms with Crippen molar-refractivity contribution in [2.24, 2.45) is 0 Å². The molecule has 0 aliphatic carbocycles. The van der Waals surface area contributed by atoms with Crippen LogP contribution in [0.5, 0.6) is 0 Å². The SMILES string of the molecule is Cc1cccc(C(=O)Nc2ccc(CC(=O)N3CCC(O)CC3)cc2)c1. The fraction of sp³-hybridized carbons (Fsp3) is 0.333. The molecule has 2 aromatic carbocycles. The Morgan fingerprint density at radius 3 is 2.46 bits per heavy atom. The van der Waals surface area contributed by atoms with E-state index in [4.69, 9.17) is 0 Å². The quantitative estimate of drug-likeness (QED) is 0.889. The zero-order valence-electron chi connectivity index (χ0n) is 14.9. The van der Waals surface area contributed by atoms with Crippen LogP contribution in [0.15, 0.2) is 48.5 Å². The van der Waals surface area contributed by atoms with Gasteiger partial charge in [0, 0.05) is 24.3 Å². The molecule has 5 heteroatoms. The summed E-state index contributed by atoms with van der Waals surface area (Å²) in [6.07, 6.45) is 1.35. The number of piperidine rings is 1. The van der Waals surface area contributed by atoms with Crippen molar-refractivity contribution in [3.05, 3.63) is 65.2 Å². The van der Waals surface area contributed by atoms with Crippen molar-refractivity contribution in [3.8, 4) is 0 Å². The second kappa shape index (κ2) is 8.15. The van der Waals surface area contributed by atoms with Gasteiger partial charge in [-0.1, -0.05) is 29.8 Å². The molecule has 2 aromatic rings. The maximum absolute atomic E-state index is 12.3. The molecule has 0 aromatic heterocycles. The molecule has 3 rings (SSSR count). The average Bonchev–Trinajstić information content (AvgIpc) is 2.64. The number of nitrogens with one attached hydrogen (secondary N) is 1. The molecule has 0 atom stereocenters. The van der Waals surface area contributed by atoms with Crippen molar-refractivity contribution in [2.45, 2.75) is 32.3 Å². The molecule has 2 amide bonds. The van der Waals surface area contributed by atoms with Gasteiger partial charge in [0.15, 0.2) is 0 Å². The van der Waals surface area contributed by atoms with E-state index in [1.807, 2.05) is 49.4 Å². The summed E-state index contributed by atoms with van der Waals surface area (Å²) in [5, 5.41) is 12.4. The summed E-state index contributed by atoms with van der Waals surface area (Å²) in [6.45, 7) is 3.18. The van der Waals surface area contributed by atoms with Crippen molar-refractivity contribution in [1.29, 1.82) is 0 Å². The summed E-state index contributed by atoms with van der Waals surface area (Å²) in [4.78, 5) is 26.4. The molecule has 1 fully saturated rings. The lowest BCUT2D eigenvalue weighted by molar-refractivity contribution is -0.132. The Labute approximate surface area is 153 Å². The smallest absolute Gasteiger partial charge is 0.255 e. The second-order valence-corrected chi connectivity index (χ2v) is 6.81. The number of aliphatic hydroxyl groups is 1. The molecular weight excluding hydrogens is 328 g/mol. The van der Waals surface area contributed by atoms with Crippen LogP contribution in [0.1, 0.15) is 34.3 Å². The zero-order valence-corrected chi connectivity index (χ0v) is 14.9. The van der Waals surface area contributed by atoms with Gasteiger partial charge in [-0.05, 0) is 49.6 Å². The minimum absolute atomic E-state index is 0.0773. The largest absolute Gasteiger partial charge is 0.393 e. The molecular formula is C21H24N2O3. The third kappa shape index (κ3) is 4.70. The zero-order chi connectivity index (χ0) is 18.5. The summed E-state index contributed by atoms with van der Waals surface area (Å²) in [5.74, 6) is -0.0714. The highest BCUT2D eigenvalue weighted by atomic mass is 16.3. The van der Waals surface area contributed by atoms with Crippen LogP contribution in [0.25, 0.3) is 0 Å². The van der Waals surface area contributed by atoms with Crippen LogP contribution in [-0.4, -0.2) is 41.0 Å². The van der Waals surface area contributed by atoms with Crippen molar-refractivity contribution in [2.75, 3.05) is 18.4 Å². The molecule has 1 heterocycles. The van der Waals surface area contributed by atoms with Crippen LogP contribution in [0.2, 0.25) is 0 Å². The van der Waals surface area contributed by atoms with Gasteiger partial charge < -0.3 is 15.3 Å². The number of hydrogen-bond donors (Lipinski definition) is 2. The van der Waals surface area contributed by atoms with E-state index >= 15 is 0 Å². The molecule has 1 saturated heterocycles. The van der Waals surface area contributed by atoms with Crippen LogP contribution >= 0.6 is 0 Å². The molecule has 0 radical (unpaired) electrons. The van der Waals surface area contributed by atoms with E-state index in [0.717, 1.165) is 11.1 Å². The van der Waals surface area contributed by atoms with E-state index in [9.17, 15) is 14.7 Å². The molecule has 26 heavy (non-hydrogen) atoms. The van der Waals surface area contributed by atoms with Crippen LogP contribution in [0.4, 0.5) is 5.69 Å². The van der Waals surface area contributed by atoms with E-state index in [-0.39, 0.29) is 17.9 Å². The highest BCUT2D eigenvalue weighted by Crippen LogP contribution is 2.15. The van der Waals surface area contributed by atoms with Gasteiger partial charge in [0.25, 0.3) is 5.91 Å². The van der Waals surface area contributed by atoms with Gasteiger partial charge in [0.1, 0.15) is 0 Å². The molecule has 0 unspecified atom stereocenters. The number of nitrogens with zero attached hydrogens (tertiary/aromatic N) is 1. The Bertz CT molecular complexity index is 778. The minimum Gasteiger partial charge on any atom is -0.393 e. The first-order chi connectivity index (χ1) is 12.5. The lowest BCUT2D eigenvalue weighted by Gasteiger charge is -2.29. The second-order valence-electron chi connectivity index (χ2n) is 6.81. The Hall–Kier alpha value is -2.66. The fourth-order valence-corrected chi connectivity index (χ4v) is 3.10. The number of hydrogen-bond acceptors (Lipinski definition) is 3. The lowest BCUT2D eigenvalue weighted by Crippen LogP contribution is -2.40. The van der Waals surface area contributed by atoms with Crippen molar-refractivity contribution >= 4 is 17.5 Å². The van der Waals surface area contributed by atoms with Crippen LogP contribution < -0.4 is 5.32 Å². The standard InChI is InChI=1S/C21H24N2O3/c1-15-3-2-4-17(13-15)21(26)22-18-7-5-16(6-8-18)14-20(25)23-11-9-19(24)10-12-23/h2-8,13,19,24H,9-12,14H2,1H3,(H,22,26). The predicted octanol–water partition coefficient (Wildman–Crippen LogP) is 2.77. The average molecular weight is 352 g/mol. The topological polar surface area (TPSA) is 69.6 Å². The first-order valence-electron chi connectivity index (χ1n) is 8.94. The van der Waals surface area contributed by atoms with Crippen molar-refractivity contribution < 1.29 is 14.7 Å². The van der Waals surface area contributed by atoms with E-state index in [1.165, 1.54) is 0 Å². The number of amides is 2. The Kier molecular flexibility index (Phi) is 5.68. The Balaban J connectivity index is 1.56. The molecule has 1 aliphatic rings. The maximum Gasteiger partial charge on any atom is 0.255 e. The fourth-order valence-electron chi connectivity index (χ4n) is 3.10. The highest BCUT2D eigenvalue weighted by molar-refractivity contribution is 6.04. The normalized spacial score (nSPS) is 14.9. The first kappa shape index (κ1) is 18.1. The van der Waals surface area contributed by atoms with Crippen LogP contribution in [-0.2, 0) is 11.2 Å². The number of carbonyl (C=O) groups is 2. The number of anilines is 1. The summed E-state index contributed by atoms with van der Waals surface area (Å²) >= 11 is 0. The van der Waals surface area contributed by atoms with Crippen LogP contribution in [0, 0.1) is 6.92 Å². The molecule has 2 N–H and O–H groups in total. The summed E-state index contributed by atoms with van der Waals surface area (Å²) in [5.41, 5.74) is 3.27. The molecule has 5 nitrogen and oxygen atoms in total. The maximum atomic E-state index is 12.3. The minimum atomic E-state index is -0.282. The van der Waals surface area contributed by atoms with E-state index < -0.39 is 0 Å². The van der Waals surface area contributed by atoms with Gasteiger partial charge in [0.2, 0.25) is 5.91 Å². The number of rotatable bonds is 4. The summed E-state index contributed by atoms with van der Waals surface area (Å²) < 4.78 is 0. The molecule has 0 spiro atoms. The van der Waals surface area contributed by atoms with Gasteiger partial charge in [-0.25, -0.2) is 0 Å². The predicted molar refractivity (Wildman–Crippen MR) is 101 cm³/mol. The lowest BCUT2D eigenvalue weighted by atomic mass is 10.1. The third-order valence-electron chi connectivity index (χ3n) is 4.66. The molecule has 1 aliphatic heterocycles. The monoisotopic (exact) mass is 352 g/mol. The highest BCUT2D eigenvalue weighted by Gasteiger charge is 2.21. The molecule has 136 valence electrons. The van der Waals surface area contributed by atoms with E-state index in [2.05, 4.69) is 5.32 Å². The summed E-state index contributed by atoms with van der Waals surface area (Å²) in [6, 6.07) is 14.8. The van der Waals surface area contributed by atoms with E-state index in [0.29, 0.717) is 43.6 Å². The number of benzene rings is 2. The third-order valence-corrected chi connectivity index (χ3v) is 4.66. The van der Waals surface area contributed by atoms with Gasteiger partial charge in [-0.3, -0.25) is 9.59 Å². The number of likely N-dealkylation sites (tertiary alicyclic amines) is 1. The Morgan fingerprint density at radius 2 is 1.81 bits per heavy atom. The molecule has 0 bridgehead atoms. The first-order valence-corrected chi connectivity index (χ1v) is 8.94. The number of carbonyl (C=O) groups excluding carboxylic acids is 2. The van der Waals surface area contributed by atoms with Crippen molar-refractivity contribution in [1.82, 2.24) is 4.90 Å². The van der Waals surface area contributed by atoms with Gasteiger partial charge in [-0.15, -0.1) is 0 Å². The number of aryl methyl sites for hydroxylation is 1. The van der Waals surface area contributed by atoms with Crippen molar-refractivity contribution in [3.63, 3.8) is 0 Å². The van der Waals surface area contributed by atoms with Crippen LogP contribution in [0.3, 0.4) is 0 Å². The summed E-state index contributed by atoms with van der Waals surface area (Å²) in [7, 11) is 0. The molecule has 0 saturated carbocycles. The van der Waals surface area contributed by atoms with Gasteiger partial charge in [-0.2, -0.15) is 0 Å². The van der Waals surface area contributed by atoms with Gasteiger partial charge in [0.05, 0.1) is 12.5 Å². The number of aliphatic hydroxyl groups excluding tert-OH is 1.